The molecule has 0 aromatic heterocycles. The van der Waals surface area contributed by atoms with E-state index in [1.807, 2.05) is 0 Å². The first-order chi connectivity index (χ1) is 3.79. The normalized spacial score (nSPS) is 14.0. The fraction of sp³-hybridized carbons (Fsp3) is 0. The molecule has 0 heterocycles. The van der Waals surface area contributed by atoms with E-state index in [0.29, 0.717) is 0 Å². The van der Waals surface area contributed by atoms with E-state index in [-0.39, 0.29) is 61.7 Å². The molecule has 0 N–H and O–H groups in total. The Kier molecular flexibility index (Phi) is 8.05. The molecule has 1 aliphatic rings. The summed E-state index contributed by atoms with van der Waals surface area (Å²) in [5.74, 6) is -0.241. The van der Waals surface area contributed by atoms with E-state index in [0.717, 1.165) is 0 Å². The van der Waals surface area contributed by atoms with Crippen LogP contribution in [0.2, 0.25) is 0 Å². The summed E-state index contributed by atoms with van der Waals surface area (Å²) in [6, 6.07) is 0. The average molecular weight is 448 g/mol. The van der Waals surface area contributed by atoms with Crippen molar-refractivity contribution in [2.75, 3.05) is 0 Å². The van der Waals surface area contributed by atoms with Crippen LogP contribution < -0.4 is 0 Å². The van der Waals surface area contributed by atoms with E-state index in [9.17, 15) is 9.59 Å². The van der Waals surface area contributed by atoms with Gasteiger partial charge in [-0.2, -0.15) is 0 Å². The molecule has 0 amide bonds. The Hall–Kier alpha value is 0.433. The van der Waals surface area contributed by atoms with Crippen LogP contribution in [0.4, 0.5) is 0 Å². The van der Waals surface area contributed by atoms with E-state index in [4.69, 9.17) is 0 Å². The fourth-order valence-corrected chi connectivity index (χ4v) is 0.440. The second kappa shape index (κ2) is 6.16. The summed E-state index contributed by atoms with van der Waals surface area (Å²) in [4.78, 5) is 20.6. The van der Waals surface area contributed by atoms with Crippen molar-refractivity contribution in [1.29, 1.82) is 0 Å². The average Bonchev–Trinajstić information content (AvgIpc) is 1.77. The summed E-state index contributed by atoms with van der Waals surface area (Å²) in [7, 11) is 0. The number of allylic oxidation sites excluding steroid dienone is 4. The summed E-state index contributed by atoms with van der Waals surface area (Å²) < 4.78 is 0. The maximum atomic E-state index is 10.3. The van der Waals surface area contributed by atoms with Crippen LogP contribution in [0.3, 0.4) is 0 Å². The van der Waals surface area contributed by atoms with Gasteiger partial charge in [0.15, 0.2) is 11.6 Å². The van der Waals surface area contributed by atoms with Gasteiger partial charge < -0.3 is 0 Å². The molecule has 10 heavy (non-hydrogen) atoms. The molecule has 0 aromatic carbocycles. The van der Waals surface area contributed by atoms with Gasteiger partial charge in [-0.05, 0) is 24.3 Å². The first kappa shape index (κ1) is 13.1. The van der Waals surface area contributed by atoms with Gasteiger partial charge in [-0.15, -0.1) is 24.0 Å². The Balaban J connectivity index is 0. The molecule has 2 nitrogen and oxygen atoms in total. The zero-order valence-electron chi connectivity index (χ0n) is 5.24. The van der Waals surface area contributed by atoms with Gasteiger partial charge in [-0.3, -0.25) is 9.59 Å². The minimum absolute atomic E-state index is 0. The molecule has 0 aromatic rings. The number of carbonyl (C=O) groups excluding carboxylic acids is 2. The van der Waals surface area contributed by atoms with Gasteiger partial charge in [0.1, 0.15) is 0 Å². The van der Waals surface area contributed by atoms with Crippen molar-refractivity contribution in [3.05, 3.63) is 24.3 Å². The zero-order chi connectivity index (χ0) is 5.98. The van der Waals surface area contributed by atoms with Crippen LogP contribution in [0, 0.1) is 0 Å². The van der Waals surface area contributed by atoms with E-state index < -0.39 is 0 Å². The van der Waals surface area contributed by atoms with Gasteiger partial charge >= 0.3 is 26.2 Å². The van der Waals surface area contributed by atoms with E-state index in [1.54, 1.807) is 0 Å². The summed E-state index contributed by atoms with van der Waals surface area (Å²) in [5, 5.41) is 0. The molecule has 0 spiro atoms. The van der Waals surface area contributed by atoms with Gasteiger partial charge in [0.05, 0.1) is 0 Å². The Morgan fingerprint density at radius 1 is 0.800 bits per heavy atom. The molecule has 56 valence electrons. The Morgan fingerprint density at radius 2 is 1.00 bits per heavy atom. The summed E-state index contributed by atoms with van der Waals surface area (Å²) >= 11 is 0. The van der Waals surface area contributed by atoms with Crippen LogP contribution in [0.1, 0.15) is 0 Å². The monoisotopic (exact) mass is 448 g/mol. The molecule has 0 aliphatic heterocycles. The van der Waals surface area contributed by atoms with Crippen LogP contribution in [0.15, 0.2) is 24.3 Å². The number of carbonyl (C=O) groups is 2. The number of hydrogen-bond donors (Lipinski definition) is 0. The molecule has 1 rings (SSSR count). The van der Waals surface area contributed by atoms with Crippen molar-refractivity contribution in [2.24, 2.45) is 0 Å². The van der Waals surface area contributed by atoms with Gasteiger partial charge in [0.2, 0.25) is 0 Å². The third kappa shape index (κ3) is 4.28. The van der Waals surface area contributed by atoms with Gasteiger partial charge in [-0.25, -0.2) is 0 Å². The first-order valence-electron chi connectivity index (χ1n) is 2.23. The maximum absolute atomic E-state index is 10.3. The molecule has 0 unspecified atom stereocenters. The molecule has 0 saturated carbocycles. The Morgan fingerprint density at radius 3 is 1.20 bits per heavy atom. The van der Waals surface area contributed by atoms with Crippen molar-refractivity contribution in [1.82, 2.24) is 0 Å². The van der Waals surface area contributed by atoms with Crippen LogP contribution in [0.25, 0.3) is 0 Å². The summed E-state index contributed by atoms with van der Waals surface area (Å²) in [6.07, 6.45) is 5.01. The van der Waals surface area contributed by atoms with Crippen molar-refractivity contribution in [3.63, 3.8) is 0 Å². The fourth-order valence-electron chi connectivity index (χ4n) is 0.440. The van der Waals surface area contributed by atoms with Crippen molar-refractivity contribution in [2.45, 2.75) is 0 Å². The zero-order valence-corrected chi connectivity index (χ0v) is 13.1. The molecule has 1 aliphatic carbocycles. The third-order valence-electron chi connectivity index (χ3n) is 0.824. The summed E-state index contributed by atoms with van der Waals surface area (Å²) in [6.45, 7) is 0. The number of hydrogen-bond acceptors (Lipinski definition) is 2. The number of rotatable bonds is 0. The standard InChI is InChI=1S/C6H4O2.Bi.HI.3H/c7-5-1-2-6(8)4-3-5;;;;;/h1-4H;;1H;;;. The van der Waals surface area contributed by atoms with Gasteiger partial charge in [0, 0.05) is 0 Å². The molecule has 0 fully saturated rings. The van der Waals surface area contributed by atoms with Crippen molar-refractivity contribution < 1.29 is 9.59 Å². The number of ketones is 2. The predicted octanol–water partition coefficient (Wildman–Crippen LogP) is -0.315. The SMILES string of the molecule is I.O=C1C=CC(=O)C=C1.[BiH3]. The quantitative estimate of drug-likeness (QED) is 0.290. The van der Waals surface area contributed by atoms with E-state index >= 15 is 0 Å². The molecule has 4 heteroatoms. The van der Waals surface area contributed by atoms with Crippen LogP contribution in [0.5, 0.6) is 0 Å². The molecule has 0 saturated heterocycles. The van der Waals surface area contributed by atoms with Crippen molar-refractivity contribution >= 4 is 61.7 Å². The van der Waals surface area contributed by atoms with Crippen molar-refractivity contribution in [3.8, 4) is 0 Å². The molecular weight excluding hydrogens is 440 g/mol. The first-order valence-corrected chi connectivity index (χ1v) is 2.23. The molecular formula is C6H8BiIO2. The summed E-state index contributed by atoms with van der Waals surface area (Å²) in [5.41, 5.74) is 0. The van der Waals surface area contributed by atoms with E-state index in [2.05, 4.69) is 0 Å². The molecule has 0 atom stereocenters. The number of halogens is 1. The van der Waals surface area contributed by atoms with Crippen LogP contribution in [-0.2, 0) is 9.59 Å². The van der Waals surface area contributed by atoms with Gasteiger partial charge in [-0.1, -0.05) is 0 Å². The van der Waals surface area contributed by atoms with Gasteiger partial charge in [0.25, 0.3) is 0 Å². The third-order valence-corrected chi connectivity index (χ3v) is 0.824. The molecule has 0 radical (unpaired) electrons. The topological polar surface area (TPSA) is 34.1 Å². The second-order valence-electron chi connectivity index (χ2n) is 1.47. The van der Waals surface area contributed by atoms with Crippen LogP contribution >= 0.6 is 24.0 Å². The van der Waals surface area contributed by atoms with E-state index in [1.165, 1.54) is 24.3 Å². The Labute approximate surface area is 94.9 Å². The minimum atomic E-state index is -0.121. The van der Waals surface area contributed by atoms with Crippen LogP contribution in [-0.4, -0.2) is 37.8 Å². The molecule has 0 bridgehead atoms. The second-order valence-corrected chi connectivity index (χ2v) is 1.47. The predicted molar refractivity (Wildman–Crippen MR) is 53.6 cm³/mol. The Bertz CT molecular complexity index is 158.